The van der Waals surface area contributed by atoms with Gasteiger partial charge >= 0.3 is 0 Å². The molecule has 7 nitrogen and oxygen atoms in total. The monoisotopic (exact) mass is 407 g/mol. The minimum absolute atomic E-state index is 0.0941. The summed E-state index contributed by atoms with van der Waals surface area (Å²) in [6.45, 7) is 6.36. The van der Waals surface area contributed by atoms with E-state index in [1.165, 1.54) is 15.8 Å². The molecular formula is C23H27N4O3+. The molecule has 0 amide bonds. The largest absolute Gasteiger partial charge is 0.327 e. The Hall–Kier alpha value is -2.74. The summed E-state index contributed by atoms with van der Waals surface area (Å²) in [6, 6.07) is 8.26. The van der Waals surface area contributed by atoms with Crippen molar-refractivity contribution in [1.82, 2.24) is 9.61 Å². The smallest absolute Gasteiger partial charge is 0.279 e. The molecule has 0 atom stereocenters. The fraction of sp³-hybridized carbons (Fsp3) is 0.391. The Morgan fingerprint density at radius 3 is 2.70 bits per heavy atom. The van der Waals surface area contributed by atoms with Crippen molar-refractivity contribution in [2.75, 3.05) is 39.3 Å². The third-order valence-corrected chi connectivity index (χ3v) is 6.05. The molecule has 1 aliphatic heterocycles. The third kappa shape index (κ3) is 2.70. The van der Waals surface area contributed by atoms with Crippen molar-refractivity contribution >= 4 is 32.7 Å². The van der Waals surface area contributed by atoms with Crippen LogP contribution in [0.15, 0.2) is 29.1 Å². The van der Waals surface area contributed by atoms with Crippen LogP contribution in [0.25, 0.3) is 27.1 Å². The molecule has 5 rings (SSSR count). The first-order chi connectivity index (χ1) is 14.3. The van der Waals surface area contributed by atoms with Gasteiger partial charge in [0, 0.05) is 34.3 Å². The number of benzene rings is 2. The number of hydrogen-bond acceptors (Lipinski definition) is 5. The zero-order chi connectivity index (χ0) is 21.2. The summed E-state index contributed by atoms with van der Waals surface area (Å²) in [4.78, 5) is 26.2. The van der Waals surface area contributed by atoms with Crippen LogP contribution in [0.3, 0.4) is 0 Å². The number of nitrogens with zero attached hydrogens (tertiary/aromatic N) is 4. The van der Waals surface area contributed by atoms with Crippen molar-refractivity contribution in [3.8, 4) is 0 Å². The quantitative estimate of drug-likeness (QED) is 0.225. The van der Waals surface area contributed by atoms with Crippen molar-refractivity contribution in [1.29, 1.82) is 0 Å². The summed E-state index contributed by atoms with van der Waals surface area (Å²) < 4.78 is 2.42. The zero-order valence-electron chi connectivity index (χ0n) is 18.2. The number of fused-ring (bicyclic) bond motifs is 4. The van der Waals surface area contributed by atoms with Crippen molar-refractivity contribution in [3.63, 3.8) is 0 Å². The fourth-order valence-electron chi connectivity index (χ4n) is 5.07. The van der Waals surface area contributed by atoms with Gasteiger partial charge in [-0.3, -0.25) is 4.79 Å². The molecule has 0 saturated carbocycles. The van der Waals surface area contributed by atoms with E-state index in [1.807, 2.05) is 26.0 Å². The number of hydrogen-bond donors (Lipinski definition) is 0. The van der Waals surface area contributed by atoms with Gasteiger partial charge in [0.05, 0.1) is 43.0 Å². The molecule has 3 heterocycles. The van der Waals surface area contributed by atoms with Gasteiger partial charge in [-0.1, -0.05) is 12.1 Å². The van der Waals surface area contributed by atoms with Gasteiger partial charge < -0.3 is 9.38 Å². The molecule has 4 aromatic rings. The molecule has 0 saturated heterocycles. The van der Waals surface area contributed by atoms with Gasteiger partial charge in [-0.2, -0.15) is 9.61 Å². The maximum absolute atomic E-state index is 13.4. The third-order valence-electron chi connectivity index (χ3n) is 6.05. The van der Waals surface area contributed by atoms with Crippen LogP contribution >= 0.6 is 0 Å². The van der Waals surface area contributed by atoms with E-state index in [2.05, 4.69) is 43.3 Å². The average molecular weight is 407 g/mol. The predicted octanol–water partition coefficient (Wildman–Crippen LogP) is 3.20. The summed E-state index contributed by atoms with van der Waals surface area (Å²) in [5.41, 5.74) is 4.91. The van der Waals surface area contributed by atoms with E-state index in [-0.39, 0.29) is 12.2 Å². The van der Waals surface area contributed by atoms with Crippen LogP contribution in [0.1, 0.15) is 23.7 Å². The van der Waals surface area contributed by atoms with E-state index in [9.17, 15) is 4.79 Å². The van der Waals surface area contributed by atoms with Gasteiger partial charge in [0.25, 0.3) is 5.56 Å². The molecule has 0 N–H and O–H groups in total. The molecule has 2 aromatic heterocycles. The zero-order valence-corrected chi connectivity index (χ0v) is 18.2. The second kappa shape index (κ2) is 6.63. The van der Waals surface area contributed by atoms with Gasteiger partial charge in [0.2, 0.25) is 0 Å². The van der Waals surface area contributed by atoms with Gasteiger partial charge in [0.1, 0.15) is 13.2 Å². The lowest BCUT2D eigenvalue weighted by molar-refractivity contribution is -0.904. The summed E-state index contributed by atoms with van der Waals surface area (Å²) in [5, 5.41) is 8.44. The Balaban J connectivity index is 1.92. The molecule has 30 heavy (non-hydrogen) atoms. The second-order valence-electron chi connectivity index (χ2n) is 8.89. The number of quaternary nitrogens is 1. The highest BCUT2D eigenvalue weighted by Gasteiger charge is 2.31. The number of aromatic nitrogens is 2. The molecule has 2 aromatic carbocycles. The standard InChI is InChI=1S/C23H27N4O3/c1-6-29-30-12-19-14(2)24-26-22(19)18-10-15-11-27(4,5)13-25(3)21(15)16-8-7-9-17(20(16)18)23(26)28/h7-10H,6,11-13H2,1-5H3/q+1. The molecule has 0 aliphatic carbocycles. The normalized spacial score (nSPS) is 16.1. The molecule has 156 valence electrons. The number of rotatable bonds is 4. The van der Waals surface area contributed by atoms with Crippen LogP contribution in [0, 0.1) is 6.92 Å². The van der Waals surface area contributed by atoms with Crippen LogP contribution in [-0.2, 0) is 22.9 Å². The number of anilines is 1. The minimum Gasteiger partial charge on any atom is -0.327 e. The van der Waals surface area contributed by atoms with E-state index in [4.69, 9.17) is 9.78 Å². The highest BCUT2D eigenvalue weighted by molar-refractivity contribution is 6.19. The summed E-state index contributed by atoms with van der Waals surface area (Å²) in [5.74, 6) is 0. The summed E-state index contributed by atoms with van der Waals surface area (Å²) >= 11 is 0. The molecule has 0 radical (unpaired) electrons. The lowest BCUT2D eigenvalue weighted by Crippen LogP contribution is -2.50. The highest BCUT2D eigenvalue weighted by atomic mass is 17.2. The topological polar surface area (TPSA) is 56.1 Å². The second-order valence-corrected chi connectivity index (χ2v) is 8.89. The Labute approximate surface area is 174 Å². The SMILES string of the molecule is CCOOCc1c(C)nn2c(=O)c3cccc4c5c(cc(c43)c12)C[N+](C)(C)CN5C. The minimum atomic E-state index is -0.0941. The molecule has 7 heteroatoms. The Morgan fingerprint density at radius 1 is 1.17 bits per heavy atom. The van der Waals surface area contributed by atoms with Crippen LogP contribution < -0.4 is 10.5 Å². The van der Waals surface area contributed by atoms with E-state index in [1.54, 1.807) is 0 Å². The van der Waals surface area contributed by atoms with Crippen LogP contribution in [0.2, 0.25) is 0 Å². The lowest BCUT2D eigenvalue weighted by atomic mass is 9.93. The van der Waals surface area contributed by atoms with Crippen molar-refractivity contribution in [2.24, 2.45) is 0 Å². The summed E-state index contributed by atoms with van der Waals surface area (Å²) in [6.07, 6.45) is 0. The maximum Gasteiger partial charge on any atom is 0.279 e. The van der Waals surface area contributed by atoms with E-state index in [0.717, 1.165) is 50.6 Å². The van der Waals surface area contributed by atoms with E-state index in [0.29, 0.717) is 12.0 Å². The summed E-state index contributed by atoms with van der Waals surface area (Å²) in [7, 11) is 6.61. The Morgan fingerprint density at radius 2 is 1.93 bits per heavy atom. The van der Waals surface area contributed by atoms with Crippen molar-refractivity contribution in [2.45, 2.75) is 27.0 Å². The van der Waals surface area contributed by atoms with Gasteiger partial charge in [-0.15, -0.1) is 0 Å². The Bertz CT molecular complexity index is 1340. The van der Waals surface area contributed by atoms with Gasteiger partial charge in [0.15, 0.2) is 6.67 Å². The van der Waals surface area contributed by atoms with Gasteiger partial charge in [-0.05, 0) is 26.0 Å². The van der Waals surface area contributed by atoms with Crippen LogP contribution in [0.5, 0.6) is 0 Å². The average Bonchev–Trinajstić information content (AvgIpc) is 3.01. The Kier molecular flexibility index (Phi) is 4.25. The first kappa shape index (κ1) is 19.2. The molecule has 0 fully saturated rings. The molecule has 0 bridgehead atoms. The fourth-order valence-corrected chi connectivity index (χ4v) is 5.07. The first-order valence-corrected chi connectivity index (χ1v) is 10.3. The predicted molar refractivity (Wildman–Crippen MR) is 118 cm³/mol. The maximum atomic E-state index is 13.4. The van der Waals surface area contributed by atoms with Crippen LogP contribution in [-0.4, -0.2) is 48.5 Å². The first-order valence-electron chi connectivity index (χ1n) is 10.3. The van der Waals surface area contributed by atoms with Gasteiger partial charge in [-0.25, -0.2) is 9.78 Å². The van der Waals surface area contributed by atoms with Crippen molar-refractivity contribution in [3.05, 3.63) is 51.4 Å². The molecule has 0 unspecified atom stereocenters. The number of pyridine rings is 1. The molecular weight excluding hydrogens is 380 g/mol. The van der Waals surface area contributed by atoms with Crippen molar-refractivity contribution < 1.29 is 14.3 Å². The van der Waals surface area contributed by atoms with E-state index >= 15 is 0 Å². The molecule has 0 spiro atoms. The number of aryl methyl sites for hydroxylation is 1. The van der Waals surface area contributed by atoms with E-state index < -0.39 is 0 Å². The molecule has 1 aliphatic rings. The van der Waals surface area contributed by atoms with Crippen LogP contribution in [0.4, 0.5) is 5.69 Å². The highest BCUT2D eigenvalue weighted by Crippen LogP contribution is 2.41. The lowest BCUT2D eigenvalue weighted by Gasteiger charge is -2.41.